The van der Waals surface area contributed by atoms with Gasteiger partial charge in [0.25, 0.3) is 5.91 Å². The Morgan fingerprint density at radius 1 is 1.09 bits per heavy atom. The highest BCUT2D eigenvalue weighted by atomic mass is 79.9. The number of anilines is 1. The Morgan fingerprint density at radius 2 is 1.85 bits per heavy atom. The van der Waals surface area contributed by atoms with Crippen LogP contribution in [0.25, 0.3) is 0 Å². The third-order valence-electron chi connectivity index (χ3n) is 4.70. The fourth-order valence-corrected chi connectivity index (χ4v) is 4.58. The zero-order valence-electron chi connectivity index (χ0n) is 18.0. The number of sulfonamides is 1. The average molecular weight is 530 g/mol. The van der Waals surface area contributed by atoms with Crippen LogP contribution in [0.5, 0.6) is 5.75 Å². The second kappa shape index (κ2) is 11.2. The zero-order valence-corrected chi connectivity index (χ0v) is 20.4. The maximum Gasteiger partial charge on any atom is 0.278 e. The van der Waals surface area contributed by atoms with Gasteiger partial charge in [0.05, 0.1) is 4.90 Å². The highest BCUT2D eigenvalue weighted by molar-refractivity contribution is 9.09. The molecule has 33 heavy (non-hydrogen) atoms. The number of alkyl halides is 1. The summed E-state index contributed by atoms with van der Waals surface area (Å²) in [5.74, 6) is -0.689. The second-order valence-electron chi connectivity index (χ2n) is 7.21. The molecule has 0 saturated carbocycles. The average Bonchev–Trinajstić information content (AvgIpc) is 2.83. The van der Waals surface area contributed by atoms with E-state index in [0.29, 0.717) is 11.8 Å². The maximum absolute atomic E-state index is 13.4. The van der Waals surface area contributed by atoms with Crippen molar-refractivity contribution in [1.82, 2.24) is 4.72 Å². The van der Waals surface area contributed by atoms with Crippen LogP contribution in [0.4, 0.5) is 5.69 Å². The number of carbonyl (C=O) groups excluding carboxylic acids is 1. The number of hydrogen-bond acceptors (Lipinski definition) is 5. The van der Waals surface area contributed by atoms with Gasteiger partial charge in [-0.3, -0.25) is 4.79 Å². The number of amides is 1. The number of phenols is 1. The third-order valence-corrected chi connectivity index (χ3v) is 6.55. The van der Waals surface area contributed by atoms with Gasteiger partial charge >= 0.3 is 0 Å². The van der Waals surface area contributed by atoms with E-state index in [9.17, 15) is 18.3 Å². The summed E-state index contributed by atoms with van der Waals surface area (Å²) in [4.78, 5) is 13.4. The number of carbonyl (C=O) groups is 1. The van der Waals surface area contributed by atoms with Gasteiger partial charge in [-0.15, -0.1) is 0 Å². The van der Waals surface area contributed by atoms with Crippen LogP contribution in [0.1, 0.15) is 21.5 Å². The number of halogens is 1. The summed E-state index contributed by atoms with van der Waals surface area (Å²) in [6.45, 7) is 2.05. The molecule has 0 aliphatic carbocycles. The molecule has 0 fully saturated rings. The molecule has 0 saturated heterocycles. The molecule has 3 aromatic rings. The van der Waals surface area contributed by atoms with Crippen LogP contribution < -0.4 is 9.73 Å². The zero-order chi connectivity index (χ0) is 23.8. The van der Waals surface area contributed by atoms with Gasteiger partial charge in [0.15, 0.2) is 0 Å². The van der Waals surface area contributed by atoms with E-state index >= 15 is 0 Å². The van der Waals surface area contributed by atoms with Gasteiger partial charge in [-0.25, -0.2) is 13.1 Å². The summed E-state index contributed by atoms with van der Waals surface area (Å²) < 4.78 is 27.5. The lowest BCUT2D eigenvalue weighted by Gasteiger charge is -2.19. The maximum atomic E-state index is 13.4. The molecule has 3 aromatic carbocycles. The summed E-state index contributed by atoms with van der Waals surface area (Å²) in [5, 5.41) is 16.3. The number of aryl methyl sites for hydroxylation is 1. The summed E-state index contributed by atoms with van der Waals surface area (Å²) in [6, 6.07) is 20.2. The first-order valence-electron chi connectivity index (χ1n) is 10.2. The summed E-state index contributed by atoms with van der Waals surface area (Å²) in [5.41, 5.74) is 2.16. The lowest BCUT2D eigenvalue weighted by atomic mass is 10.1. The van der Waals surface area contributed by atoms with E-state index < -0.39 is 15.9 Å². The minimum atomic E-state index is -3.78. The van der Waals surface area contributed by atoms with Gasteiger partial charge in [0.1, 0.15) is 11.4 Å². The minimum absolute atomic E-state index is 0.0315. The number of phenolic OH excluding ortho intramolecular Hbond substituents is 1. The Labute approximate surface area is 201 Å². The molecule has 0 aliphatic heterocycles. The third kappa shape index (κ3) is 6.50. The topological polar surface area (TPSA) is 99.1 Å². The molecule has 0 heterocycles. The van der Waals surface area contributed by atoms with E-state index in [0.717, 1.165) is 16.1 Å². The van der Waals surface area contributed by atoms with Crippen LogP contribution in [-0.2, 0) is 16.4 Å². The quantitative estimate of drug-likeness (QED) is 0.246. The van der Waals surface area contributed by atoms with Gasteiger partial charge in [-0.05, 0) is 48.4 Å². The Bertz CT molecular complexity index is 1250. The lowest BCUT2D eigenvalue weighted by Crippen LogP contribution is -2.28. The van der Waals surface area contributed by atoms with Crippen molar-refractivity contribution < 1.29 is 18.3 Å². The van der Waals surface area contributed by atoms with E-state index in [2.05, 4.69) is 25.8 Å². The van der Waals surface area contributed by atoms with Crippen LogP contribution in [-0.4, -0.2) is 37.5 Å². The van der Waals surface area contributed by atoms with Gasteiger partial charge in [0, 0.05) is 30.1 Å². The van der Waals surface area contributed by atoms with E-state index in [-0.39, 0.29) is 28.4 Å². The normalized spacial score (nSPS) is 11.6. The summed E-state index contributed by atoms with van der Waals surface area (Å²) in [7, 11) is -3.78. The SMILES string of the molecule is Cc1ccc(O)c(N(/N=C/Cc2ccccc2)C(=O)c2cccc(S(=O)(=O)NCCBr)c2)c1. The second-order valence-corrected chi connectivity index (χ2v) is 9.77. The molecule has 0 bridgehead atoms. The van der Waals surface area contributed by atoms with Crippen LogP contribution in [0.3, 0.4) is 0 Å². The molecular formula is C24H24BrN3O4S. The van der Waals surface area contributed by atoms with E-state index in [4.69, 9.17) is 0 Å². The molecular weight excluding hydrogens is 506 g/mol. The molecule has 2 N–H and O–H groups in total. The molecule has 0 radical (unpaired) electrons. The Hall–Kier alpha value is -3.01. The van der Waals surface area contributed by atoms with Crippen molar-refractivity contribution in [2.75, 3.05) is 16.9 Å². The fraction of sp³-hybridized carbons (Fsp3) is 0.167. The van der Waals surface area contributed by atoms with Crippen LogP contribution in [0.15, 0.2) is 82.8 Å². The predicted molar refractivity (Wildman–Crippen MR) is 134 cm³/mol. The van der Waals surface area contributed by atoms with Gasteiger partial charge in [0.2, 0.25) is 10.0 Å². The predicted octanol–water partition coefficient (Wildman–Crippen LogP) is 4.25. The van der Waals surface area contributed by atoms with E-state index in [1.54, 1.807) is 18.3 Å². The van der Waals surface area contributed by atoms with Crippen molar-refractivity contribution in [3.63, 3.8) is 0 Å². The first-order chi connectivity index (χ1) is 15.8. The first kappa shape index (κ1) is 24.6. The Morgan fingerprint density at radius 3 is 2.58 bits per heavy atom. The number of aromatic hydroxyl groups is 1. The standard InChI is InChI=1S/C24H24BrN3O4S/c1-18-10-11-23(29)22(16-18)28(26-14-12-19-6-3-2-4-7-19)24(30)20-8-5-9-21(17-20)33(31,32)27-15-13-25/h2-11,14,16-17,27,29H,12-13,15H2,1H3/b26-14+. The van der Waals surface area contributed by atoms with Crippen molar-refractivity contribution in [3.8, 4) is 5.75 Å². The van der Waals surface area contributed by atoms with Crippen molar-refractivity contribution in [2.24, 2.45) is 5.10 Å². The molecule has 0 aromatic heterocycles. The lowest BCUT2D eigenvalue weighted by molar-refractivity contribution is 0.0987. The smallest absolute Gasteiger partial charge is 0.278 e. The van der Waals surface area contributed by atoms with Crippen molar-refractivity contribution in [2.45, 2.75) is 18.2 Å². The van der Waals surface area contributed by atoms with Crippen molar-refractivity contribution in [3.05, 3.63) is 89.5 Å². The van der Waals surface area contributed by atoms with Gasteiger partial charge < -0.3 is 5.11 Å². The number of hydrazone groups is 1. The largest absolute Gasteiger partial charge is 0.506 e. The van der Waals surface area contributed by atoms with E-state index in [1.807, 2.05) is 37.3 Å². The van der Waals surface area contributed by atoms with E-state index in [1.165, 1.54) is 30.3 Å². The highest BCUT2D eigenvalue weighted by Gasteiger charge is 2.22. The molecule has 172 valence electrons. The molecule has 0 aliphatic rings. The Kier molecular flexibility index (Phi) is 8.37. The summed E-state index contributed by atoms with van der Waals surface area (Å²) >= 11 is 3.18. The highest BCUT2D eigenvalue weighted by Crippen LogP contribution is 2.30. The molecule has 1 amide bonds. The van der Waals surface area contributed by atoms with Crippen LogP contribution >= 0.6 is 15.9 Å². The number of nitrogens with zero attached hydrogens (tertiary/aromatic N) is 2. The Balaban J connectivity index is 1.97. The first-order valence-corrected chi connectivity index (χ1v) is 12.8. The monoisotopic (exact) mass is 529 g/mol. The molecule has 0 atom stereocenters. The number of rotatable bonds is 9. The number of hydrogen-bond donors (Lipinski definition) is 2. The molecule has 0 spiro atoms. The number of benzene rings is 3. The fourth-order valence-electron chi connectivity index (χ4n) is 3.04. The van der Waals surface area contributed by atoms with Gasteiger partial charge in [-0.2, -0.15) is 10.1 Å². The van der Waals surface area contributed by atoms with Crippen LogP contribution in [0, 0.1) is 6.92 Å². The van der Waals surface area contributed by atoms with Crippen molar-refractivity contribution in [1.29, 1.82) is 0 Å². The number of nitrogens with one attached hydrogen (secondary N) is 1. The van der Waals surface area contributed by atoms with Crippen molar-refractivity contribution >= 4 is 43.8 Å². The summed E-state index contributed by atoms with van der Waals surface area (Å²) in [6.07, 6.45) is 2.05. The molecule has 0 unspecified atom stereocenters. The molecule has 7 nitrogen and oxygen atoms in total. The minimum Gasteiger partial charge on any atom is -0.506 e. The van der Waals surface area contributed by atoms with Gasteiger partial charge in [-0.1, -0.05) is 58.4 Å². The molecule has 9 heteroatoms. The molecule has 3 rings (SSSR count). The van der Waals surface area contributed by atoms with Crippen LogP contribution in [0.2, 0.25) is 0 Å².